The van der Waals surface area contributed by atoms with Crippen LogP contribution in [0.5, 0.6) is 0 Å². The van der Waals surface area contributed by atoms with Gasteiger partial charge in [0.1, 0.15) is 11.6 Å². The summed E-state index contributed by atoms with van der Waals surface area (Å²) in [5, 5.41) is 4.55. The molecule has 1 aromatic heterocycles. The van der Waals surface area contributed by atoms with Crippen molar-refractivity contribution in [2.24, 2.45) is 0 Å². The first-order chi connectivity index (χ1) is 9.56. The van der Waals surface area contributed by atoms with Crippen LogP contribution in [-0.2, 0) is 4.79 Å². The molecule has 5 heteroatoms. The molecule has 0 aliphatic carbocycles. The van der Waals surface area contributed by atoms with Crippen LogP contribution >= 0.6 is 11.3 Å². The number of halogens is 2. The fraction of sp³-hybridized carbons (Fsp3) is 0.133. The van der Waals surface area contributed by atoms with Crippen LogP contribution in [0.3, 0.4) is 0 Å². The van der Waals surface area contributed by atoms with Crippen molar-refractivity contribution in [2.45, 2.75) is 13.0 Å². The standard InChI is InChI=1S/C15H13F2NOS/c1-10(13-6-4-11(16)9-14(13)17)18-15(19)7-5-12-3-2-8-20-12/h2-10H,1H3,(H,18,19)/b7-5+/t10-/m0/s1. The van der Waals surface area contributed by atoms with E-state index in [0.29, 0.717) is 0 Å². The van der Waals surface area contributed by atoms with E-state index in [1.54, 1.807) is 13.0 Å². The summed E-state index contributed by atoms with van der Waals surface area (Å²) in [4.78, 5) is 12.7. The Morgan fingerprint density at radius 3 is 2.80 bits per heavy atom. The maximum Gasteiger partial charge on any atom is 0.244 e. The van der Waals surface area contributed by atoms with Crippen molar-refractivity contribution in [3.63, 3.8) is 0 Å². The minimum absolute atomic E-state index is 0.254. The van der Waals surface area contributed by atoms with E-state index in [4.69, 9.17) is 0 Å². The number of amides is 1. The second kappa shape index (κ2) is 6.43. The molecule has 0 aliphatic rings. The van der Waals surface area contributed by atoms with Crippen LogP contribution in [0.2, 0.25) is 0 Å². The topological polar surface area (TPSA) is 29.1 Å². The van der Waals surface area contributed by atoms with Gasteiger partial charge in [-0.25, -0.2) is 8.78 Å². The predicted molar refractivity (Wildman–Crippen MR) is 76.3 cm³/mol. The molecule has 0 aliphatic heterocycles. The number of nitrogens with one attached hydrogen (secondary N) is 1. The molecule has 0 saturated heterocycles. The van der Waals surface area contributed by atoms with Gasteiger partial charge in [-0.1, -0.05) is 12.1 Å². The summed E-state index contributed by atoms with van der Waals surface area (Å²) in [5.41, 5.74) is 0.254. The average Bonchev–Trinajstić information content (AvgIpc) is 2.89. The van der Waals surface area contributed by atoms with E-state index in [2.05, 4.69) is 5.32 Å². The molecule has 1 atom stereocenters. The van der Waals surface area contributed by atoms with Crippen LogP contribution < -0.4 is 5.32 Å². The molecule has 0 saturated carbocycles. The molecule has 2 aromatic rings. The van der Waals surface area contributed by atoms with Gasteiger partial charge in [0.2, 0.25) is 5.91 Å². The molecule has 0 unspecified atom stereocenters. The molecule has 0 radical (unpaired) electrons. The fourth-order valence-corrected chi connectivity index (χ4v) is 2.35. The molecular weight excluding hydrogens is 280 g/mol. The van der Waals surface area contributed by atoms with Crippen molar-refractivity contribution in [1.82, 2.24) is 5.32 Å². The fourth-order valence-electron chi connectivity index (χ4n) is 1.74. The van der Waals surface area contributed by atoms with E-state index in [-0.39, 0.29) is 11.5 Å². The van der Waals surface area contributed by atoms with E-state index >= 15 is 0 Å². The zero-order valence-corrected chi connectivity index (χ0v) is 11.6. The third-order valence-corrected chi connectivity index (χ3v) is 3.57. The minimum atomic E-state index is -0.667. The summed E-state index contributed by atoms with van der Waals surface area (Å²) in [6, 6.07) is 6.55. The van der Waals surface area contributed by atoms with Gasteiger partial charge in [-0.15, -0.1) is 11.3 Å². The van der Waals surface area contributed by atoms with Gasteiger partial charge in [-0.3, -0.25) is 4.79 Å². The highest BCUT2D eigenvalue weighted by Crippen LogP contribution is 2.17. The van der Waals surface area contributed by atoms with Gasteiger partial charge in [-0.05, 0) is 30.5 Å². The van der Waals surface area contributed by atoms with E-state index in [1.165, 1.54) is 29.5 Å². The van der Waals surface area contributed by atoms with Crippen LogP contribution in [0.15, 0.2) is 41.8 Å². The molecule has 1 heterocycles. The lowest BCUT2D eigenvalue weighted by Crippen LogP contribution is -2.25. The zero-order valence-electron chi connectivity index (χ0n) is 10.8. The summed E-state index contributed by atoms with van der Waals surface area (Å²) in [5.74, 6) is -1.63. The molecule has 0 spiro atoms. The van der Waals surface area contributed by atoms with Crippen LogP contribution in [0.1, 0.15) is 23.4 Å². The van der Waals surface area contributed by atoms with Crippen molar-refractivity contribution in [1.29, 1.82) is 0 Å². The number of hydrogen-bond donors (Lipinski definition) is 1. The lowest BCUT2D eigenvalue weighted by molar-refractivity contribution is -0.117. The summed E-state index contributed by atoms with van der Waals surface area (Å²) < 4.78 is 26.4. The first-order valence-corrected chi connectivity index (χ1v) is 6.91. The van der Waals surface area contributed by atoms with Gasteiger partial charge in [0.05, 0.1) is 6.04 Å². The van der Waals surface area contributed by atoms with Crippen molar-refractivity contribution in [3.05, 3.63) is 63.9 Å². The third kappa shape index (κ3) is 3.74. The Bertz CT molecular complexity index is 623. The second-order valence-corrected chi connectivity index (χ2v) is 5.22. The Hall–Kier alpha value is -2.01. The minimum Gasteiger partial charge on any atom is -0.346 e. The maximum absolute atomic E-state index is 13.6. The van der Waals surface area contributed by atoms with Crippen LogP contribution in [0.4, 0.5) is 8.78 Å². The van der Waals surface area contributed by atoms with E-state index in [0.717, 1.165) is 10.9 Å². The number of carbonyl (C=O) groups excluding carboxylic acids is 1. The molecule has 104 valence electrons. The second-order valence-electron chi connectivity index (χ2n) is 4.24. The molecule has 2 nitrogen and oxygen atoms in total. The molecule has 1 aromatic carbocycles. The molecule has 1 N–H and O–H groups in total. The largest absolute Gasteiger partial charge is 0.346 e. The van der Waals surface area contributed by atoms with Crippen molar-refractivity contribution >= 4 is 23.3 Å². The Labute approximate surface area is 119 Å². The van der Waals surface area contributed by atoms with Gasteiger partial charge in [-0.2, -0.15) is 0 Å². The van der Waals surface area contributed by atoms with Gasteiger partial charge >= 0.3 is 0 Å². The Morgan fingerprint density at radius 2 is 2.15 bits per heavy atom. The maximum atomic E-state index is 13.6. The molecule has 0 fully saturated rings. The summed E-state index contributed by atoms with van der Waals surface area (Å²) in [6.07, 6.45) is 3.08. The van der Waals surface area contributed by atoms with Gasteiger partial charge in [0.15, 0.2) is 0 Å². The average molecular weight is 293 g/mol. The zero-order chi connectivity index (χ0) is 14.5. The quantitative estimate of drug-likeness (QED) is 0.851. The lowest BCUT2D eigenvalue weighted by atomic mass is 10.1. The molecule has 20 heavy (non-hydrogen) atoms. The Balaban J connectivity index is 2.00. The number of hydrogen-bond acceptors (Lipinski definition) is 2. The van der Waals surface area contributed by atoms with Crippen LogP contribution in [0.25, 0.3) is 6.08 Å². The highest BCUT2D eigenvalue weighted by atomic mass is 32.1. The van der Waals surface area contributed by atoms with Gasteiger partial charge < -0.3 is 5.32 Å². The van der Waals surface area contributed by atoms with E-state index in [9.17, 15) is 13.6 Å². The number of carbonyl (C=O) groups is 1. The van der Waals surface area contributed by atoms with Crippen LogP contribution in [0, 0.1) is 11.6 Å². The number of rotatable bonds is 4. The van der Waals surface area contributed by atoms with Gasteiger partial charge in [0.25, 0.3) is 0 Å². The molecule has 2 rings (SSSR count). The predicted octanol–water partition coefficient (Wildman–Crippen LogP) is 3.92. The molecule has 0 bridgehead atoms. The normalized spacial score (nSPS) is 12.6. The summed E-state index contributed by atoms with van der Waals surface area (Å²) >= 11 is 1.52. The SMILES string of the molecule is C[C@H](NC(=O)/C=C/c1cccs1)c1ccc(F)cc1F. The highest BCUT2D eigenvalue weighted by Gasteiger charge is 2.12. The Kier molecular flexibility index (Phi) is 4.63. The molecular formula is C15H13F2NOS. The smallest absolute Gasteiger partial charge is 0.244 e. The first kappa shape index (κ1) is 14.4. The van der Waals surface area contributed by atoms with Crippen molar-refractivity contribution < 1.29 is 13.6 Å². The van der Waals surface area contributed by atoms with Crippen molar-refractivity contribution in [3.8, 4) is 0 Å². The lowest BCUT2D eigenvalue weighted by Gasteiger charge is -2.13. The highest BCUT2D eigenvalue weighted by molar-refractivity contribution is 7.10. The third-order valence-electron chi connectivity index (χ3n) is 2.73. The molecule has 1 amide bonds. The summed E-state index contributed by atoms with van der Waals surface area (Å²) in [7, 11) is 0. The van der Waals surface area contributed by atoms with E-state index in [1.807, 2.05) is 17.5 Å². The monoisotopic (exact) mass is 293 g/mol. The number of benzene rings is 1. The van der Waals surface area contributed by atoms with E-state index < -0.39 is 17.7 Å². The van der Waals surface area contributed by atoms with Crippen molar-refractivity contribution in [2.75, 3.05) is 0 Å². The summed E-state index contributed by atoms with van der Waals surface area (Å²) in [6.45, 7) is 1.65. The number of thiophene rings is 1. The Morgan fingerprint density at radius 1 is 1.35 bits per heavy atom. The first-order valence-electron chi connectivity index (χ1n) is 6.03. The van der Waals surface area contributed by atoms with Gasteiger partial charge in [0, 0.05) is 22.6 Å². The van der Waals surface area contributed by atoms with Crippen LogP contribution in [-0.4, -0.2) is 5.91 Å².